The minimum Gasteiger partial charge on any atom is -0.493 e. The first-order chi connectivity index (χ1) is 10.2. The Kier molecular flexibility index (Phi) is 6.33. The minimum absolute atomic E-state index is 0.0772. The maximum Gasteiger partial charge on any atom is 0.129 e. The van der Waals surface area contributed by atoms with Crippen molar-refractivity contribution in [2.75, 3.05) is 6.61 Å². The van der Waals surface area contributed by atoms with Crippen molar-refractivity contribution in [3.63, 3.8) is 0 Å². The Bertz CT molecular complexity index is 433. The minimum atomic E-state index is -0.431. The van der Waals surface area contributed by atoms with Crippen LogP contribution in [0.3, 0.4) is 0 Å². The first kappa shape index (κ1) is 16.1. The molecule has 1 aromatic carbocycles. The molecule has 4 heteroatoms. The Hall–Kier alpha value is -1.26. The van der Waals surface area contributed by atoms with Crippen molar-refractivity contribution in [1.82, 2.24) is 0 Å². The molecule has 0 aromatic heterocycles. The van der Waals surface area contributed by atoms with E-state index in [-0.39, 0.29) is 12.7 Å². The van der Waals surface area contributed by atoms with Crippen molar-refractivity contribution < 1.29 is 19.7 Å². The average molecular weight is 294 g/mol. The second-order valence-electron chi connectivity index (χ2n) is 5.64. The lowest BCUT2D eigenvalue weighted by molar-refractivity contribution is 0.0306. The van der Waals surface area contributed by atoms with Gasteiger partial charge in [-0.15, -0.1) is 0 Å². The van der Waals surface area contributed by atoms with E-state index in [2.05, 4.69) is 6.92 Å². The smallest absolute Gasteiger partial charge is 0.129 e. The SMILES string of the molecule is CCCOc1ccc(CO)c(OC2CCCCCC2O)c1. The van der Waals surface area contributed by atoms with E-state index < -0.39 is 6.10 Å². The van der Waals surface area contributed by atoms with E-state index in [9.17, 15) is 10.2 Å². The third-order valence-electron chi connectivity index (χ3n) is 3.88. The van der Waals surface area contributed by atoms with Crippen LogP contribution in [0.2, 0.25) is 0 Å². The molecule has 2 rings (SSSR count). The van der Waals surface area contributed by atoms with Gasteiger partial charge in [0.2, 0.25) is 0 Å². The predicted molar refractivity (Wildman–Crippen MR) is 81.7 cm³/mol. The number of ether oxygens (including phenoxy) is 2. The molecule has 0 bridgehead atoms. The Morgan fingerprint density at radius 3 is 2.76 bits per heavy atom. The normalized spacial score (nSPS) is 22.6. The first-order valence-corrected chi connectivity index (χ1v) is 7.96. The molecular formula is C17H26O4. The molecule has 1 aliphatic rings. The maximum atomic E-state index is 10.2. The van der Waals surface area contributed by atoms with E-state index >= 15 is 0 Å². The fraction of sp³-hybridized carbons (Fsp3) is 0.647. The number of rotatable bonds is 6. The van der Waals surface area contributed by atoms with Gasteiger partial charge in [0.25, 0.3) is 0 Å². The average Bonchev–Trinajstić information content (AvgIpc) is 2.70. The summed E-state index contributed by atoms with van der Waals surface area (Å²) in [6.07, 6.45) is 5.22. The Morgan fingerprint density at radius 1 is 1.19 bits per heavy atom. The Morgan fingerprint density at radius 2 is 2.00 bits per heavy atom. The highest BCUT2D eigenvalue weighted by atomic mass is 16.5. The van der Waals surface area contributed by atoms with Crippen LogP contribution in [0.1, 0.15) is 51.0 Å². The van der Waals surface area contributed by atoms with Crippen LogP contribution in [0.25, 0.3) is 0 Å². The van der Waals surface area contributed by atoms with Crippen LogP contribution in [-0.2, 0) is 6.61 Å². The summed E-state index contributed by atoms with van der Waals surface area (Å²) in [5, 5.41) is 19.6. The summed E-state index contributed by atoms with van der Waals surface area (Å²) in [5.41, 5.74) is 0.732. The van der Waals surface area contributed by atoms with Crippen LogP contribution >= 0.6 is 0 Å². The van der Waals surface area contributed by atoms with Crippen molar-refractivity contribution in [2.24, 2.45) is 0 Å². The van der Waals surface area contributed by atoms with Crippen molar-refractivity contribution in [3.8, 4) is 11.5 Å². The van der Waals surface area contributed by atoms with E-state index in [1.807, 2.05) is 18.2 Å². The molecule has 118 valence electrons. The standard InChI is InChI=1S/C17H26O4/c1-2-10-20-14-9-8-13(12-18)17(11-14)21-16-7-5-3-4-6-15(16)19/h8-9,11,15-16,18-19H,2-7,10,12H2,1H3. The second-order valence-corrected chi connectivity index (χ2v) is 5.64. The van der Waals surface area contributed by atoms with E-state index in [4.69, 9.17) is 9.47 Å². The fourth-order valence-electron chi connectivity index (χ4n) is 2.64. The first-order valence-electron chi connectivity index (χ1n) is 7.96. The summed E-state index contributed by atoms with van der Waals surface area (Å²) in [5.74, 6) is 1.37. The highest BCUT2D eigenvalue weighted by Crippen LogP contribution is 2.29. The zero-order valence-corrected chi connectivity index (χ0v) is 12.8. The van der Waals surface area contributed by atoms with Gasteiger partial charge in [0.15, 0.2) is 0 Å². The van der Waals surface area contributed by atoms with E-state index in [1.165, 1.54) is 0 Å². The topological polar surface area (TPSA) is 58.9 Å². The van der Waals surface area contributed by atoms with Gasteiger partial charge in [0.05, 0.1) is 19.3 Å². The second kappa shape index (κ2) is 8.25. The molecule has 0 spiro atoms. The molecule has 0 amide bonds. The molecule has 2 atom stereocenters. The van der Waals surface area contributed by atoms with Gasteiger partial charge in [-0.1, -0.05) is 19.8 Å². The molecule has 1 fully saturated rings. The summed E-state index contributed by atoms with van der Waals surface area (Å²) in [6.45, 7) is 2.64. The van der Waals surface area contributed by atoms with Gasteiger partial charge >= 0.3 is 0 Å². The lowest BCUT2D eigenvalue weighted by atomic mass is 10.1. The third-order valence-corrected chi connectivity index (χ3v) is 3.88. The van der Waals surface area contributed by atoms with E-state index in [0.717, 1.165) is 49.8 Å². The molecule has 4 nitrogen and oxygen atoms in total. The molecule has 0 saturated heterocycles. The summed E-state index contributed by atoms with van der Waals surface area (Å²) < 4.78 is 11.6. The van der Waals surface area contributed by atoms with Crippen LogP contribution in [0.4, 0.5) is 0 Å². The number of benzene rings is 1. The number of aliphatic hydroxyl groups excluding tert-OH is 2. The zero-order valence-electron chi connectivity index (χ0n) is 12.8. The molecular weight excluding hydrogens is 268 g/mol. The summed E-state index contributed by atoms with van der Waals surface area (Å²) in [4.78, 5) is 0. The number of hydrogen-bond acceptors (Lipinski definition) is 4. The molecule has 0 heterocycles. The monoisotopic (exact) mass is 294 g/mol. The Labute approximate surface area is 126 Å². The largest absolute Gasteiger partial charge is 0.493 e. The highest BCUT2D eigenvalue weighted by Gasteiger charge is 2.24. The van der Waals surface area contributed by atoms with Crippen LogP contribution < -0.4 is 9.47 Å². The Balaban J connectivity index is 2.11. The van der Waals surface area contributed by atoms with Gasteiger partial charge in [0.1, 0.15) is 17.6 Å². The highest BCUT2D eigenvalue weighted by molar-refractivity contribution is 5.40. The molecule has 1 saturated carbocycles. The lowest BCUT2D eigenvalue weighted by Gasteiger charge is -2.23. The predicted octanol–water partition coefficient (Wildman–Crippen LogP) is 3.04. The summed E-state index contributed by atoms with van der Waals surface area (Å²) in [7, 11) is 0. The van der Waals surface area contributed by atoms with E-state index in [0.29, 0.717) is 12.4 Å². The number of aliphatic hydroxyl groups is 2. The molecule has 1 aliphatic carbocycles. The van der Waals surface area contributed by atoms with Crippen LogP contribution in [0, 0.1) is 0 Å². The maximum absolute atomic E-state index is 10.2. The molecule has 1 aromatic rings. The van der Waals surface area contributed by atoms with Crippen molar-refractivity contribution >= 4 is 0 Å². The van der Waals surface area contributed by atoms with Gasteiger partial charge in [-0.25, -0.2) is 0 Å². The molecule has 0 radical (unpaired) electrons. The van der Waals surface area contributed by atoms with Crippen LogP contribution in [0.5, 0.6) is 11.5 Å². The molecule has 21 heavy (non-hydrogen) atoms. The fourth-order valence-corrected chi connectivity index (χ4v) is 2.64. The van der Waals surface area contributed by atoms with Crippen LogP contribution in [-0.4, -0.2) is 29.0 Å². The van der Waals surface area contributed by atoms with Gasteiger partial charge < -0.3 is 19.7 Å². The van der Waals surface area contributed by atoms with Gasteiger partial charge in [-0.05, 0) is 37.8 Å². The zero-order chi connectivity index (χ0) is 15.1. The quantitative estimate of drug-likeness (QED) is 0.792. The summed E-state index contributed by atoms with van der Waals surface area (Å²) in [6, 6.07) is 5.49. The van der Waals surface area contributed by atoms with Gasteiger partial charge in [0, 0.05) is 11.6 Å². The number of hydrogen-bond donors (Lipinski definition) is 2. The van der Waals surface area contributed by atoms with Crippen LogP contribution in [0.15, 0.2) is 18.2 Å². The molecule has 2 unspecified atom stereocenters. The van der Waals surface area contributed by atoms with Gasteiger partial charge in [-0.3, -0.25) is 0 Å². The van der Waals surface area contributed by atoms with Gasteiger partial charge in [-0.2, -0.15) is 0 Å². The molecule has 2 N–H and O–H groups in total. The molecule has 0 aliphatic heterocycles. The third kappa shape index (κ3) is 4.61. The van der Waals surface area contributed by atoms with Crippen molar-refractivity contribution in [3.05, 3.63) is 23.8 Å². The summed E-state index contributed by atoms with van der Waals surface area (Å²) >= 11 is 0. The van der Waals surface area contributed by atoms with E-state index in [1.54, 1.807) is 0 Å². The lowest BCUT2D eigenvalue weighted by Crippen LogP contribution is -2.30. The van der Waals surface area contributed by atoms with Crippen molar-refractivity contribution in [1.29, 1.82) is 0 Å². The van der Waals surface area contributed by atoms with Crippen molar-refractivity contribution in [2.45, 2.75) is 64.3 Å².